The van der Waals surface area contributed by atoms with Gasteiger partial charge in [-0.3, -0.25) is 28.8 Å². The third-order valence-electron chi connectivity index (χ3n) is 6.15. The third-order valence-corrected chi connectivity index (χ3v) is 6.38. The van der Waals surface area contributed by atoms with Crippen LogP contribution in [0.3, 0.4) is 0 Å². The van der Waals surface area contributed by atoms with Crippen molar-refractivity contribution >= 4 is 57.5 Å². The van der Waals surface area contributed by atoms with Gasteiger partial charge in [-0.1, -0.05) is 41.9 Å². The van der Waals surface area contributed by atoms with Crippen molar-refractivity contribution in [2.75, 3.05) is 11.9 Å². The van der Waals surface area contributed by atoms with E-state index in [1.54, 1.807) is 24.3 Å². The fourth-order valence-corrected chi connectivity index (χ4v) is 4.60. The largest absolute Gasteiger partial charge is 0.465 e. The number of carbonyl (C=O) groups excluding carboxylic acids is 5. The highest BCUT2D eigenvalue weighted by atomic mass is 35.5. The summed E-state index contributed by atoms with van der Waals surface area (Å²) in [5.74, 6) is -6.52. The first kappa shape index (κ1) is 25.7. The summed E-state index contributed by atoms with van der Waals surface area (Å²) in [7, 11) is 0. The lowest BCUT2D eigenvalue weighted by Crippen LogP contribution is -2.37. The van der Waals surface area contributed by atoms with Crippen LogP contribution in [0.2, 0.25) is 5.02 Å². The van der Waals surface area contributed by atoms with E-state index < -0.39 is 46.4 Å². The average Bonchev–Trinajstić information content (AvgIpc) is 2.91. The standard InChI is InChI=1S/C28H18ClN3O7/c1-2-39-28(38)20(25(35)27(37)30-14-7-5-6-13(29)12-14)22-26(36)32-21-18(31-22)11-10-17-19(21)24(34)16-9-4-3-8-15(16)23(17)33/h3-12,20H,2H2,1H3,(H,30,37)(H,32,36)/t20-/m1/s1. The van der Waals surface area contributed by atoms with Gasteiger partial charge < -0.3 is 15.0 Å². The quantitative estimate of drug-likeness (QED) is 0.188. The zero-order chi connectivity index (χ0) is 27.8. The topological polar surface area (TPSA) is 152 Å². The number of ketones is 3. The van der Waals surface area contributed by atoms with Gasteiger partial charge in [0.05, 0.1) is 23.2 Å². The Morgan fingerprint density at radius 1 is 0.949 bits per heavy atom. The predicted octanol–water partition coefficient (Wildman–Crippen LogP) is 3.21. The molecule has 0 aliphatic heterocycles. The lowest BCUT2D eigenvalue weighted by molar-refractivity contribution is -0.150. The number of amides is 1. The van der Waals surface area contributed by atoms with Crippen LogP contribution in [-0.2, 0) is 19.1 Å². The summed E-state index contributed by atoms with van der Waals surface area (Å²) in [6, 6.07) is 15.1. The van der Waals surface area contributed by atoms with Gasteiger partial charge in [0.25, 0.3) is 11.5 Å². The summed E-state index contributed by atoms with van der Waals surface area (Å²) < 4.78 is 4.97. The summed E-state index contributed by atoms with van der Waals surface area (Å²) in [5.41, 5.74) is -0.975. The molecule has 0 unspecified atom stereocenters. The monoisotopic (exact) mass is 543 g/mol. The number of H-pyrrole nitrogens is 1. The molecular formula is C28H18ClN3O7. The molecule has 0 spiro atoms. The molecule has 0 radical (unpaired) electrons. The smallest absolute Gasteiger partial charge is 0.323 e. The number of aromatic nitrogens is 2. The Morgan fingerprint density at radius 2 is 1.67 bits per heavy atom. The lowest BCUT2D eigenvalue weighted by atomic mass is 9.83. The maximum absolute atomic E-state index is 13.3. The van der Waals surface area contributed by atoms with Crippen LogP contribution in [-0.4, -0.2) is 45.8 Å². The number of carbonyl (C=O) groups is 5. The summed E-state index contributed by atoms with van der Waals surface area (Å²) in [6.45, 7) is 1.36. The maximum Gasteiger partial charge on any atom is 0.323 e. The van der Waals surface area contributed by atoms with Gasteiger partial charge >= 0.3 is 5.97 Å². The van der Waals surface area contributed by atoms with E-state index in [4.69, 9.17) is 16.3 Å². The van der Waals surface area contributed by atoms with Crippen molar-refractivity contribution in [3.05, 3.63) is 104 Å². The highest BCUT2D eigenvalue weighted by Crippen LogP contribution is 2.31. The van der Waals surface area contributed by atoms with E-state index >= 15 is 0 Å². The van der Waals surface area contributed by atoms with Crippen molar-refractivity contribution in [3.8, 4) is 0 Å². The van der Waals surface area contributed by atoms with E-state index in [0.717, 1.165) is 0 Å². The lowest BCUT2D eigenvalue weighted by Gasteiger charge is -2.19. The van der Waals surface area contributed by atoms with Gasteiger partial charge in [-0.05, 0) is 37.3 Å². The summed E-state index contributed by atoms with van der Waals surface area (Å²) in [5, 5.41) is 2.64. The van der Waals surface area contributed by atoms with Crippen molar-refractivity contribution in [2.45, 2.75) is 12.8 Å². The molecular weight excluding hydrogens is 526 g/mol. The van der Waals surface area contributed by atoms with Crippen molar-refractivity contribution in [2.24, 2.45) is 0 Å². The minimum absolute atomic E-state index is 0.0289. The molecule has 0 saturated carbocycles. The molecule has 1 aromatic heterocycles. The van der Waals surface area contributed by atoms with Crippen LogP contribution in [0.15, 0.2) is 65.5 Å². The average molecular weight is 544 g/mol. The highest BCUT2D eigenvalue weighted by Gasteiger charge is 2.39. The molecule has 1 atom stereocenters. The van der Waals surface area contributed by atoms with Gasteiger partial charge in [-0.15, -0.1) is 0 Å². The van der Waals surface area contributed by atoms with Gasteiger partial charge in [0.1, 0.15) is 5.69 Å². The maximum atomic E-state index is 13.3. The molecule has 10 nitrogen and oxygen atoms in total. The molecule has 0 saturated heterocycles. The number of anilines is 1. The normalized spacial score (nSPS) is 12.9. The van der Waals surface area contributed by atoms with Crippen LogP contribution in [0.5, 0.6) is 0 Å². The number of nitrogens with zero attached hydrogens (tertiary/aromatic N) is 1. The van der Waals surface area contributed by atoms with E-state index in [1.807, 2.05) is 0 Å². The zero-order valence-electron chi connectivity index (χ0n) is 20.2. The minimum Gasteiger partial charge on any atom is -0.465 e. The number of nitrogens with one attached hydrogen (secondary N) is 2. The Labute approximate surface area is 225 Å². The number of benzene rings is 3. The number of ether oxygens (including phenoxy) is 1. The van der Waals surface area contributed by atoms with Crippen LogP contribution in [0, 0.1) is 0 Å². The number of esters is 1. The van der Waals surface area contributed by atoms with Crippen LogP contribution >= 0.6 is 11.6 Å². The van der Waals surface area contributed by atoms with E-state index in [9.17, 15) is 28.8 Å². The molecule has 39 heavy (non-hydrogen) atoms. The van der Waals surface area contributed by atoms with Crippen LogP contribution in [0.1, 0.15) is 50.4 Å². The van der Waals surface area contributed by atoms with Crippen molar-refractivity contribution in [1.82, 2.24) is 9.97 Å². The predicted molar refractivity (Wildman–Crippen MR) is 140 cm³/mol. The second-order valence-electron chi connectivity index (χ2n) is 8.55. The number of hydrogen-bond donors (Lipinski definition) is 2. The van der Waals surface area contributed by atoms with Crippen LogP contribution in [0.25, 0.3) is 11.0 Å². The Hall–Kier alpha value is -4.96. The van der Waals surface area contributed by atoms with Gasteiger partial charge in [-0.2, -0.15) is 0 Å². The Morgan fingerprint density at radius 3 is 2.36 bits per heavy atom. The van der Waals surface area contributed by atoms with Crippen molar-refractivity contribution in [1.29, 1.82) is 0 Å². The number of rotatable bonds is 6. The number of fused-ring (bicyclic) bond motifs is 4. The molecule has 0 fully saturated rings. The first-order valence-corrected chi connectivity index (χ1v) is 12.1. The Kier molecular flexibility index (Phi) is 6.63. The van der Waals surface area contributed by atoms with Crippen LogP contribution in [0.4, 0.5) is 5.69 Å². The van der Waals surface area contributed by atoms with Gasteiger partial charge in [0, 0.05) is 27.4 Å². The molecule has 1 aliphatic rings. The number of Topliss-reactive ketones (excluding diaryl/α,β-unsaturated/α-hetero) is 1. The first-order valence-electron chi connectivity index (χ1n) is 11.7. The van der Waals surface area contributed by atoms with E-state index in [-0.39, 0.29) is 45.6 Å². The van der Waals surface area contributed by atoms with E-state index in [1.165, 1.54) is 43.3 Å². The number of hydrogen-bond acceptors (Lipinski definition) is 8. The third kappa shape index (κ3) is 4.51. The number of halogens is 1. The minimum atomic E-state index is -1.99. The Bertz CT molecular complexity index is 1790. The van der Waals surface area contributed by atoms with Gasteiger partial charge in [0.2, 0.25) is 5.78 Å². The first-order chi connectivity index (χ1) is 18.7. The summed E-state index contributed by atoms with van der Waals surface area (Å²) >= 11 is 5.92. The molecule has 2 N–H and O–H groups in total. The number of aromatic amines is 1. The molecule has 1 amide bonds. The zero-order valence-corrected chi connectivity index (χ0v) is 21.0. The molecule has 5 rings (SSSR count). The summed E-state index contributed by atoms with van der Waals surface area (Å²) in [4.78, 5) is 85.0. The van der Waals surface area contributed by atoms with Crippen molar-refractivity contribution < 1.29 is 28.7 Å². The second-order valence-corrected chi connectivity index (χ2v) is 8.99. The van der Waals surface area contributed by atoms with E-state index in [0.29, 0.717) is 5.02 Å². The molecule has 4 aromatic rings. The molecule has 194 valence electrons. The fourth-order valence-electron chi connectivity index (χ4n) is 4.41. The molecule has 1 aliphatic carbocycles. The molecule has 1 heterocycles. The SMILES string of the molecule is CCOC(=O)[C@@H](C(=O)C(=O)Nc1cccc(Cl)c1)c1nc2ccc3c(c2[nH]c1=O)C(=O)c1ccccc1C3=O. The summed E-state index contributed by atoms with van der Waals surface area (Å²) in [6.07, 6.45) is 0. The molecule has 3 aromatic carbocycles. The highest BCUT2D eigenvalue weighted by molar-refractivity contribution is 6.45. The van der Waals surface area contributed by atoms with Crippen LogP contribution < -0.4 is 10.9 Å². The second kappa shape index (κ2) is 10.1. The van der Waals surface area contributed by atoms with Gasteiger partial charge in [-0.25, -0.2) is 4.98 Å². The van der Waals surface area contributed by atoms with E-state index in [2.05, 4.69) is 15.3 Å². The molecule has 11 heteroatoms. The van der Waals surface area contributed by atoms with Crippen molar-refractivity contribution in [3.63, 3.8) is 0 Å². The Balaban J connectivity index is 1.60. The fraction of sp³-hybridized carbons (Fsp3) is 0.107. The van der Waals surface area contributed by atoms with Gasteiger partial charge in [0.15, 0.2) is 17.5 Å². The molecule has 0 bridgehead atoms.